The first-order valence-corrected chi connectivity index (χ1v) is 5.12. The predicted octanol–water partition coefficient (Wildman–Crippen LogP) is 2.49. The van der Waals surface area contributed by atoms with Gasteiger partial charge in [0, 0.05) is 29.1 Å². The average molecular weight is 336 g/mol. The van der Waals surface area contributed by atoms with Crippen molar-refractivity contribution in [1.82, 2.24) is 4.98 Å². The molecule has 0 spiro atoms. The third-order valence-corrected chi connectivity index (χ3v) is 2.99. The summed E-state index contributed by atoms with van der Waals surface area (Å²) in [5, 5.41) is 0. The molecule has 1 aromatic rings. The van der Waals surface area contributed by atoms with Gasteiger partial charge in [0.25, 0.3) is 0 Å². The Kier molecular flexibility index (Phi) is 12.8. The molecule has 0 fully saturated rings. The molecule has 2 N–H and O–H groups in total. The van der Waals surface area contributed by atoms with E-state index in [1.807, 2.05) is 23.5 Å². The minimum absolute atomic E-state index is 0. The summed E-state index contributed by atoms with van der Waals surface area (Å²) < 4.78 is 0. The van der Waals surface area contributed by atoms with Crippen LogP contribution in [0.2, 0.25) is 0 Å². The number of thiazole rings is 1. The van der Waals surface area contributed by atoms with Crippen LogP contribution in [-0.4, -0.2) is 17.3 Å². The monoisotopic (exact) mass is 334 g/mol. The molecule has 12 heavy (non-hydrogen) atoms. The molecule has 0 atom stereocenters. The highest BCUT2D eigenvalue weighted by molar-refractivity contribution is 8.93. The lowest BCUT2D eigenvalue weighted by Gasteiger charge is -1.93. The molecule has 0 aromatic carbocycles. The number of nitrogens with zero attached hydrogens (tertiary/aromatic N) is 1. The summed E-state index contributed by atoms with van der Waals surface area (Å²) in [6.45, 7) is 0.767. The third kappa shape index (κ3) is 6.42. The number of hydrogen-bond donors (Lipinski definition) is 1. The van der Waals surface area contributed by atoms with Crippen molar-refractivity contribution in [2.75, 3.05) is 12.3 Å². The van der Waals surface area contributed by atoms with Gasteiger partial charge in [-0.2, -0.15) is 11.8 Å². The Hall–Kier alpha value is 0.900. The number of rotatable bonds is 4. The largest absolute Gasteiger partial charge is 0.330 e. The van der Waals surface area contributed by atoms with Crippen LogP contribution < -0.4 is 5.73 Å². The summed E-state index contributed by atoms with van der Waals surface area (Å²) in [5.74, 6) is 2.10. The van der Waals surface area contributed by atoms with Crippen LogP contribution in [0.4, 0.5) is 0 Å². The predicted molar refractivity (Wildman–Crippen MR) is 68.0 cm³/mol. The van der Waals surface area contributed by atoms with E-state index in [2.05, 4.69) is 4.98 Å². The molecule has 1 rings (SSSR count). The van der Waals surface area contributed by atoms with Gasteiger partial charge < -0.3 is 5.73 Å². The molecule has 0 unspecified atom stereocenters. The molecule has 0 saturated carbocycles. The Morgan fingerprint density at radius 3 is 2.75 bits per heavy atom. The first kappa shape index (κ1) is 15.4. The van der Waals surface area contributed by atoms with Crippen molar-refractivity contribution in [2.24, 2.45) is 5.73 Å². The summed E-state index contributed by atoms with van der Waals surface area (Å²) in [6.07, 6.45) is 1.91. The summed E-state index contributed by atoms with van der Waals surface area (Å²) in [5.41, 5.74) is 7.19. The van der Waals surface area contributed by atoms with Gasteiger partial charge in [-0.3, -0.25) is 4.98 Å². The Bertz CT molecular complexity index is 170. The molecule has 0 aliphatic rings. The van der Waals surface area contributed by atoms with Crippen molar-refractivity contribution in [1.29, 1.82) is 0 Å². The lowest BCUT2D eigenvalue weighted by Crippen LogP contribution is -2.00. The number of thioether (sulfide) groups is 1. The fraction of sp³-hybridized carbons (Fsp3) is 0.500. The van der Waals surface area contributed by atoms with E-state index in [4.69, 9.17) is 5.73 Å². The molecule has 0 amide bonds. The van der Waals surface area contributed by atoms with E-state index < -0.39 is 0 Å². The number of halogens is 2. The van der Waals surface area contributed by atoms with E-state index in [1.54, 1.807) is 11.3 Å². The number of nitrogens with two attached hydrogens (primary N) is 1. The second-order valence-corrected chi connectivity index (χ2v) is 3.89. The molecule has 72 valence electrons. The molecular formula is C6H12Br2N2S2. The van der Waals surface area contributed by atoms with Gasteiger partial charge in [-0.1, -0.05) is 0 Å². The third-order valence-electron chi connectivity index (χ3n) is 0.990. The first-order chi connectivity index (χ1) is 4.93. The van der Waals surface area contributed by atoms with Gasteiger partial charge in [0.05, 0.1) is 5.51 Å². The van der Waals surface area contributed by atoms with Gasteiger partial charge in [0.15, 0.2) is 0 Å². The molecule has 0 bridgehead atoms. The molecule has 1 heterocycles. The zero-order valence-electron chi connectivity index (χ0n) is 6.43. The maximum atomic E-state index is 5.33. The summed E-state index contributed by atoms with van der Waals surface area (Å²) in [4.78, 5) is 5.31. The van der Waals surface area contributed by atoms with Crippen LogP contribution >= 0.6 is 57.1 Å². The minimum Gasteiger partial charge on any atom is -0.330 e. The molecule has 0 aliphatic heterocycles. The summed E-state index contributed by atoms with van der Waals surface area (Å²) in [6, 6.07) is 0. The van der Waals surface area contributed by atoms with E-state index in [0.717, 1.165) is 18.1 Å². The van der Waals surface area contributed by atoms with Crippen LogP contribution in [0, 0.1) is 0 Å². The Labute approximate surface area is 102 Å². The topological polar surface area (TPSA) is 38.9 Å². The van der Waals surface area contributed by atoms with E-state index in [9.17, 15) is 0 Å². The molecular weight excluding hydrogens is 324 g/mol. The Morgan fingerprint density at radius 2 is 2.25 bits per heavy atom. The van der Waals surface area contributed by atoms with Crippen LogP contribution in [0.5, 0.6) is 0 Å². The summed E-state index contributed by atoms with van der Waals surface area (Å²) in [7, 11) is 0. The van der Waals surface area contributed by atoms with Crippen molar-refractivity contribution in [3.8, 4) is 0 Å². The van der Waals surface area contributed by atoms with E-state index in [-0.39, 0.29) is 34.0 Å². The highest BCUT2D eigenvalue weighted by Gasteiger charge is 1.92. The van der Waals surface area contributed by atoms with Crippen LogP contribution in [0.15, 0.2) is 11.7 Å². The smallest absolute Gasteiger partial charge is 0.0794 e. The van der Waals surface area contributed by atoms with E-state index in [0.29, 0.717) is 0 Å². The summed E-state index contributed by atoms with van der Waals surface area (Å²) >= 11 is 3.56. The number of hydrogen-bond acceptors (Lipinski definition) is 4. The average Bonchev–Trinajstić information content (AvgIpc) is 2.41. The molecule has 0 saturated heterocycles. The van der Waals surface area contributed by atoms with Gasteiger partial charge in [-0.15, -0.1) is 45.3 Å². The van der Waals surface area contributed by atoms with Gasteiger partial charge in [0.2, 0.25) is 0 Å². The second kappa shape index (κ2) is 9.98. The number of aromatic nitrogens is 1. The fourth-order valence-corrected chi connectivity index (χ4v) is 2.06. The van der Waals surface area contributed by atoms with Crippen LogP contribution in [-0.2, 0) is 5.75 Å². The zero-order chi connectivity index (χ0) is 7.23. The molecule has 6 heteroatoms. The Balaban J connectivity index is 0. The fourth-order valence-electron chi connectivity index (χ4n) is 0.570. The first-order valence-electron chi connectivity index (χ1n) is 3.08. The van der Waals surface area contributed by atoms with Crippen molar-refractivity contribution in [2.45, 2.75) is 5.75 Å². The lowest BCUT2D eigenvalue weighted by atomic mass is 10.6. The molecule has 0 aliphatic carbocycles. The molecule has 1 aromatic heterocycles. The molecule has 0 radical (unpaired) electrons. The van der Waals surface area contributed by atoms with Gasteiger partial charge in [-0.05, 0) is 0 Å². The van der Waals surface area contributed by atoms with Gasteiger partial charge in [0.1, 0.15) is 0 Å². The second-order valence-electron chi connectivity index (χ2n) is 1.81. The normalized spacial score (nSPS) is 8.42. The van der Waals surface area contributed by atoms with Crippen molar-refractivity contribution >= 4 is 57.1 Å². The van der Waals surface area contributed by atoms with Crippen LogP contribution in [0.1, 0.15) is 4.88 Å². The van der Waals surface area contributed by atoms with Crippen LogP contribution in [0.25, 0.3) is 0 Å². The van der Waals surface area contributed by atoms with Crippen molar-refractivity contribution in [3.63, 3.8) is 0 Å². The standard InChI is InChI=1S/C6H10N2S2.2BrH/c7-1-2-9-4-6-3-8-5-10-6;;/h3,5H,1-2,4,7H2;2*1H. The lowest BCUT2D eigenvalue weighted by molar-refractivity contribution is 1.15. The van der Waals surface area contributed by atoms with E-state index in [1.165, 1.54) is 4.88 Å². The maximum Gasteiger partial charge on any atom is 0.0794 e. The molecule has 2 nitrogen and oxygen atoms in total. The van der Waals surface area contributed by atoms with Gasteiger partial charge in [-0.25, -0.2) is 0 Å². The van der Waals surface area contributed by atoms with Crippen molar-refractivity contribution < 1.29 is 0 Å². The quantitative estimate of drug-likeness (QED) is 0.859. The maximum absolute atomic E-state index is 5.33. The van der Waals surface area contributed by atoms with Crippen LogP contribution in [0.3, 0.4) is 0 Å². The SMILES string of the molecule is Br.Br.NCCSCc1cncs1. The van der Waals surface area contributed by atoms with Gasteiger partial charge >= 0.3 is 0 Å². The highest BCUT2D eigenvalue weighted by Crippen LogP contribution is 2.14. The van der Waals surface area contributed by atoms with Crippen molar-refractivity contribution in [3.05, 3.63) is 16.6 Å². The zero-order valence-corrected chi connectivity index (χ0v) is 11.5. The van der Waals surface area contributed by atoms with E-state index >= 15 is 0 Å². The Morgan fingerprint density at radius 1 is 1.50 bits per heavy atom. The highest BCUT2D eigenvalue weighted by atomic mass is 79.9. The minimum atomic E-state index is 0.